The minimum absolute atomic E-state index is 0.516. The molecule has 0 heterocycles. The fourth-order valence-corrected chi connectivity index (χ4v) is 0.854. The molecule has 0 aromatic heterocycles. The van der Waals surface area contributed by atoms with Crippen LogP contribution < -0.4 is 4.74 Å². The molecule has 0 spiro atoms. The molecule has 0 amide bonds. The third kappa shape index (κ3) is 2.89. The predicted molar refractivity (Wildman–Crippen MR) is 50.1 cm³/mol. The zero-order chi connectivity index (χ0) is 9.52. The Balaban J connectivity index is 2.52. The van der Waals surface area contributed by atoms with Crippen LogP contribution in [0, 0.1) is 23.7 Å². The van der Waals surface area contributed by atoms with Gasteiger partial charge in [-0.1, -0.05) is 0 Å². The first-order chi connectivity index (χ1) is 6.36. The van der Waals surface area contributed by atoms with Gasteiger partial charge in [0.1, 0.15) is 5.75 Å². The summed E-state index contributed by atoms with van der Waals surface area (Å²) in [4.78, 5) is 0. The summed E-state index contributed by atoms with van der Waals surface area (Å²) in [6.45, 7) is 0.516. The van der Waals surface area contributed by atoms with Gasteiger partial charge in [-0.15, -0.1) is 12.3 Å². The SMILES string of the molecule is C#CCCOc1ccc(C#N)cc1. The highest BCUT2D eigenvalue weighted by Gasteiger charge is 1.92. The summed E-state index contributed by atoms with van der Waals surface area (Å²) in [6.07, 6.45) is 5.66. The van der Waals surface area contributed by atoms with E-state index in [0.29, 0.717) is 18.6 Å². The van der Waals surface area contributed by atoms with Crippen molar-refractivity contribution >= 4 is 0 Å². The van der Waals surface area contributed by atoms with Gasteiger partial charge >= 0.3 is 0 Å². The lowest BCUT2D eigenvalue weighted by Crippen LogP contribution is -1.95. The topological polar surface area (TPSA) is 33.0 Å². The molecule has 1 aromatic rings. The van der Waals surface area contributed by atoms with Gasteiger partial charge in [0.05, 0.1) is 18.2 Å². The molecule has 64 valence electrons. The van der Waals surface area contributed by atoms with Crippen LogP contribution in [0.2, 0.25) is 0 Å². The Kier molecular flexibility index (Phi) is 3.42. The van der Waals surface area contributed by atoms with Gasteiger partial charge in [-0.05, 0) is 24.3 Å². The van der Waals surface area contributed by atoms with E-state index in [1.807, 2.05) is 6.07 Å². The maximum absolute atomic E-state index is 8.53. The summed E-state index contributed by atoms with van der Waals surface area (Å²) in [7, 11) is 0. The third-order valence-electron chi connectivity index (χ3n) is 1.50. The second kappa shape index (κ2) is 4.85. The number of ether oxygens (including phenoxy) is 1. The van der Waals surface area contributed by atoms with Crippen molar-refractivity contribution in [2.75, 3.05) is 6.61 Å². The summed E-state index contributed by atoms with van der Waals surface area (Å²) in [6, 6.07) is 8.98. The highest BCUT2D eigenvalue weighted by atomic mass is 16.5. The van der Waals surface area contributed by atoms with E-state index in [0.717, 1.165) is 5.75 Å². The smallest absolute Gasteiger partial charge is 0.119 e. The Bertz CT molecular complexity index is 340. The summed E-state index contributed by atoms with van der Waals surface area (Å²) >= 11 is 0. The van der Waals surface area contributed by atoms with Gasteiger partial charge in [-0.25, -0.2) is 0 Å². The van der Waals surface area contributed by atoms with Crippen LogP contribution in [0.15, 0.2) is 24.3 Å². The summed E-state index contributed by atoms with van der Waals surface area (Å²) in [5.41, 5.74) is 0.629. The van der Waals surface area contributed by atoms with E-state index in [1.54, 1.807) is 24.3 Å². The lowest BCUT2D eigenvalue weighted by atomic mass is 10.2. The quantitative estimate of drug-likeness (QED) is 0.514. The number of terminal acetylenes is 1. The van der Waals surface area contributed by atoms with Crippen molar-refractivity contribution < 1.29 is 4.74 Å². The molecule has 1 aromatic carbocycles. The van der Waals surface area contributed by atoms with E-state index >= 15 is 0 Å². The minimum Gasteiger partial charge on any atom is -0.493 e. The van der Waals surface area contributed by atoms with Crippen LogP contribution in [0.4, 0.5) is 0 Å². The van der Waals surface area contributed by atoms with Gasteiger partial charge < -0.3 is 4.74 Å². The standard InChI is InChI=1S/C11H9NO/c1-2-3-8-13-11-6-4-10(9-12)5-7-11/h1,4-7H,3,8H2. The lowest BCUT2D eigenvalue weighted by molar-refractivity contribution is 0.327. The van der Waals surface area contributed by atoms with Crippen LogP contribution in [0.3, 0.4) is 0 Å². The first kappa shape index (κ1) is 9.16. The maximum Gasteiger partial charge on any atom is 0.119 e. The summed E-state index contributed by atoms with van der Waals surface area (Å²) in [5.74, 6) is 3.23. The highest BCUT2D eigenvalue weighted by molar-refractivity contribution is 5.34. The molecule has 2 heteroatoms. The lowest BCUT2D eigenvalue weighted by Gasteiger charge is -2.02. The highest BCUT2D eigenvalue weighted by Crippen LogP contribution is 2.11. The molecule has 0 aliphatic rings. The average Bonchev–Trinajstić information content (AvgIpc) is 2.19. The van der Waals surface area contributed by atoms with E-state index in [4.69, 9.17) is 16.4 Å². The Labute approximate surface area is 77.8 Å². The molecule has 0 aliphatic heterocycles. The number of benzene rings is 1. The zero-order valence-electron chi connectivity index (χ0n) is 7.16. The number of nitrogens with zero attached hydrogens (tertiary/aromatic N) is 1. The van der Waals surface area contributed by atoms with Crippen LogP contribution in [0.1, 0.15) is 12.0 Å². The third-order valence-corrected chi connectivity index (χ3v) is 1.50. The van der Waals surface area contributed by atoms with Crippen molar-refractivity contribution in [3.05, 3.63) is 29.8 Å². The summed E-state index contributed by atoms with van der Waals surface area (Å²) in [5, 5.41) is 8.53. The first-order valence-corrected chi connectivity index (χ1v) is 3.93. The van der Waals surface area contributed by atoms with Crippen molar-refractivity contribution in [3.8, 4) is 24.2 Å². The fourth-order valence-electron chi connectivity index (χ4n) is 0.854. The van der Waals surface area contributed by atoms with E-state index in [1.165, 1.54) is 0 Å². The fraction of sp³-hybridized carbons (Fsp3) is 0.182. The average molecular weight is 171 g/mol. The van der Waals surface area contributed by atoms with Crippen LogP contribution in [0.5, 0.6) is 5.75 Å². The van der Waals surface area contributed by atoms with E-state index in [2.05, 4.69) is 5.92 Å². The number of hydrogen-bond acceptors (Lipinski definition) is 2. The minimum atomic E-state index is 0.516. The number of rotatable bonds is 3. The molecular weight excluding hydrogens is 162 g/mol. The van der Waals surface area contributed by atoms with Gasteiger partial charge in [0.25, 0.3) is 0 Å². The Morgan fingerprint density at radius 3 is 2.54 bits per heavy atom. The molecule has 0 fully saturated rings. The molecule has 0 radical (unpaired) electrons. The molecule has 0 bridgehead atoms. The van der Waals surface area contributed by atoms with Gasteiger partial charge in [0.2, 0.25) is 0 Å². The van der Waals surface area contributed by atoms with Crippen LogP contribution in [-0.4, -0.2) is 6.61 Å². The number of hydrogen-bond donors (Lipinski definition) is 0. The molecule has 0 N–H and O–H groups in total. The maximum atomic E-state index is 8.53. The first-order valence-electron chi connectivity index (χ1n) is 3.93. The van der Waals surface area contributed by atoms with Gasteiger partial charge in [-0.3, -0.25) is 0 Å². The van der Waals surface area contributed by atoms with Gasteiger partial charge in [-0.2, -0.15) is 5.26 Å². The van der Waals surface area contributed by atoms with E-state index < -0.39 is 0 Å². The molecule has 0 saturated carbocycles. The Hall–Kier alpha value is -1.93. The molecule has 2 nitrogen and oxygen atoms in total. The van der Waals surface area contributed by atoms with Crippen molar-refractivity contribution in [2.45, 2.75) is 6.42 Å². The van der Waals surface area contributed by atoms with Crippen molar-refractivity contribution in [1.82, 2.24) is 0 Å². The van der Waals surface area contributed by atoms with Crippen molar-refractivity contribution in [3.63, 3.8) is 0 Å². The van der Waals surface area contributed by atoms with Crippen LogP contribution in [0.25, 0.3) is 0 Å². The van der Waals surface area contributed by atoms with E-state index in [-0.39, 0.29) is 0 Å². The Morgan fingerprint density at radius 1 is 1.31 bits per heavy atom. The van der Waals surface area contributed by atoms with E-state index in [9.17, 15) is 0 Å². The normalized spacial score (nSPS) is 8.46. The number of nitriles is 1. The largest absolute Gasteiger partial charge is 0.493 e. The molecule has 0 atom stereocenters. The van der Waals surface area contributed by atoms with Crippen molar-refractivity contribution in [2.24, 2.45) is 0 Å². The molecule has 0 aliphatic carbocycles. The monoisotopic (exact) mass is 171 g/mol. The predicted octanol–water partition coefficient (Wildman–Crippen LogP) is 1.96. The Morgan fingerprint density at radius 2 is 2.00 bits per heavy atom. The zero-order valence-corrected chi connectivity index (χ0v) is 7.16. The molecule has 1 rings (SSSR count). The van der Waals surface area contributed by atoms with Crippen LogP contribution >= 0.6 is 0 Å². The van der Waals surface area contributed by atoms with Gasteiger partial charge in [0, 0.05) is 6.42 Å². The molecular formula is C11H9NO. The molecule has 0 saturated heterocycles. The second-order valence-corrected chi connectivity index (χ2v) is 2.44. The second-order valence-electron chi connectivity index (χ2n) is 2.44. The van der Waals surface area contributed by atoms with Gasteiger partial charge in [0.15, 0.2) is 0 Å². The summed E-state index contributed by atoms with van der Waals surface area (Å²) < 4.78 is 5.29. The molecule has 0 unspecified atom stereocenters. The van der Waals surface area contributed by atoms with Crippen molar-refractivity contribution in [1.29, 1.82) is 5.26 Å². The van der Waals surface area contributed by atoms with Crippen LogP contribution in [-0.2, 0) is 0 Å². The molecule has 13 heavy (non-hydrogen) atoms.